The van der Waals surface area contributed by atoms with Gasteiger partial charge in [0.15, 0.2) is 0 Å². The van der Waals surface area contributed by atoms with Crippen LogP contribution in [-0.4, -0.2) is 14.5 Å². The maximum atomic E-state index is 4.72. The van der Waals surface area contributed by atoms with Gasteiger partial charge in [-0.3, -0.25) is 4.57 Å². The van der Waals surface area contributed by atoms with Crippen LogP contribution < -0.4 is 0 Å². The zero-order chi connectivity index (χ0) is 19.1. The summed E-state index contributed by atoms with van der Waals surface area (Å²) in [6.45, 7) is 11.1. The van der Waals surface area contributed by atoms with Crippen molar-refractivity contribution in [1.82, 2.24) is 14.5 Å². The Morgan fingerprint density at radius 1 is 0.963 bits per heavy atom. The van der Waals surface area contributed by atoms with Crippen molar-refractivity contribution in [3.05, 3.63) is 64.9 Å². The first-order valence-corrected chi connectivity index (χ1v) is 10.3. The van der Waals surface area contributed by atoms with Gasteiger partial charge in [0.25, 0.3) is 0 Å². The van der Waals surface area contributed by atoms with Gasteiger partial charge in [0.05, 0.1) is 20.9 Å². The lowest BCUT2D eigenvalue weighted by Gasteiger charge is -2.21. The highest BCUT2D eigenvalue weighted by Crippen LogP contribution is 2.34. The predicted molar refractivity (Wildman–Crippen MR) is 115 cm³/mol. The molecule has 0 aliphatic heterocycles. The molecule has 0 fully saturated rings. The van der Waals surface area contributed by atoms with Gasteiger partial charge in [0.2, 0.25) is 0 Å². The van der Waals surface area contributed by atoms with Gasteiger partial charge in [-0.2, -0.15) is 0 Å². The zero-order valence-electron chi connectivity index (χ0n) is 16.5. The van der Waals surface area contributed by atoms with Crippen molar-refractivity contribution >= 4 is 21.6 Å². The van der Waals surface area contributed by atoms with E-state index in [4.69, 9.17) is 4.98 Å². The minimum absolute atomic E-state index is 0.442. The average Bonchev–Trinajstić information content (AvgIpc) is 3.25. The molecule has 0 radical (unpaired) electrons. The van der Waals surface area contributed by atoms with Crippen molar-refractivity contribution in [3.8, 4) is 17.1 Å². The van der Waals surface area contributed by atoms with E-state index in [1.165, 1.54) is 21.5 Å². The first-order valence-electron chi connectivity index (χ1n) is 9.49. The number of imidazole rings is 1. The molecule has 0 unspecified atom stereocenters. The molecule has 4 heteroatoms. The number of para-hydroxylation sites is 1. The number of aromatic nitrogens is 3. The van der Waals surface area contributed by atoms with Crippen molar-refractivity contribution in [3.63, 3.8) is 0 Å². The van der Waals surface area contributed by atoms with Gasteiger partial charge in [0, 0.05) is 18.0 Å². The molecule has 0 saturated heterocycles. The Balaban J connectivity index is 1.94. The largest absolute Gasteiger partial charge is 0.299 e. The molecule has 0 N–H and O–H groups in total. The minimum atomic E-state index is 0.442. The van der Waals surface area contributed by atoms with E-state index in [1.807, 2.05) is 6.20 Å². The van der Waals surface area contributed by atoms with Crippen LogP contribution in [-0.2, 0) is 0 Å². The van der Waals surface area contributed by atoms with Crippen LogP contribution in [0.4, 0.5) is 0 Å². The van der Waals surface area contributed by atoms with Crippen LogP contribution in [0.3, 0.4) is 0 Å². The van der Waals surface area contributed by atoms with E-state index in [1.54, 1.807) is 11.3 Å². The molecule has 3 nitrogen and oxygen atoms in total. The van der Waals surface area contributed by atoms with E-state index in [0.717, 1.165) is 21.9 Å². The normalized spacial score (nSPS) is 11.8. The Labute approximate surface area is 164 Å². The number of thiazole rings is 1. The topological polar surface area (TPSA) is 30.7 Å². The smallest absolute Gasteiger partial charge is 0.144 e. The molecule has 0 amide bonds. The number of hydrogen-bond acceptors (Lipinski definition) is 3. The quantitative estimate of drug-likeness (QED) is 0.397. The molecule has 2 aromatic heterocycles. The third kappa shape index (κ3) is 3.19. The van der Waals surface area contributed by atoms with Crippen LogP contribution in [0.1, 0.15) is 55.7 Å². The van der Waals surface area contributed by atoms with Crippen LogP contribution >= 0.6 is 11.3 Å². The SMILES string of the molecule is Cc1nc2cc(-c3nccn3-c3c(C(C)C)cccc3C(C)C)ccc2s1. The van der Waals surface area contributed by atoms with Gasteiger partial charge in [-0.15, -0.1) is 11.3 Å². The molecular weight excluding hydrogens is 350 g/mol. The molecule has 0 atom stereocenters. The molecule has 0 aliphatic carbocycles. The Morgan fingerprint density at radius 2 is 1.67 bits per heavy atom. The number of fused-ring (bicyclic) bond motifs is 1. The number of rotatable bonds is 4. The fraction of sp³-hybridized carbons (Fsp3) is 0.304. The summed E-state index contributed by atoms with van der Waals surface area (Å²) in [7, 11) is 0. The fourth-order valence-electron chi connectivity index (χ4n) is 3.67. The highest BCUT2D eigenvalue weighted by Gasteiger charge is 2.18. The maximum absolute atomic E-state index is 4.72. The van der Waals surface area contributed by atoms with Crippen molar-refractivity contribution < 1.29 is 0 Å². The van der Waals surface area contributed by atoms with Crippen molar-refractivity contribution in [2.24, 2.45) is 0 Å². The molecule has 0 saturated carbocycles. The average molecular weight is 376 g/mol. The zero-order valence-corrected chi connectivity index (χ0v) is 17.3. The Kier molecular flexibility index (Phi) is 4.60. The Hall–Kier alpha value is -2.46. The maximum Gasteiger partial charge on any atom is 0.144 e. The molecule has 2 heterocycles. The van der Waals surface area contributed by atoms with E-state index < -0.39 is 0 Å². The first-order chi connectivity index (χ1) is 13.0. The third-order valence-electron chi connectivity index (χ3n) is 4.98. The summed E-state index contributed by atoms with van der Waals surface area (Å²) in [4.78, 5) is 9.38. The molecule has 0 spiro atoms. The van der Waals surface area contributed by atoms with Crippen LogP contribution in [0.15, 0.2) is 48.8 Å². The molecule has 0 aliphatic rings. The van der Waals surface area contributed by atoms with E-state index in [2.05, 4.69) is 86.8 Å². The fourth-order valence-corrected chi connectivity index (χ4v) is 4.48. The van der Waals surface area contributed by atoms with Crippen LogP contribution in [0, 0.1) is 6.92 Å². The number of aryl methyl sites for hydroxylation is 1. The summed E-state index contributed by atoms with van der Waals surface area (Å²) in [5.74, 6) is 1.85. The van der Waals surface area contributed by atoms with E-state index in [0.29, 0.717) is 11.8 Å². The summed E-state index contributed by atoms with van der Waals surface area (Å²) in [6, 6.07) is 13.1. The summed E-state index contributed by atoms with van der Waals surface area (Å²) in [5.41, 5.74) is 6.12. The molecule has 4 rings (SSSR count). The van der Waals surface area contributed by atoms with Gasteiger partial charge >= 0.3 is 0 Å². The number of hydrogen-bond donors (Lipinski definition) is 0. The van der Waals surface area contributed by atoms with Gasteiger partial charge in [0.1, 0.15) is 5.82 Å². The molecule has 138 valence electrons. The van der Waals surface area contributed by atoms with Crippen LogP contribution in [0.5, 0.6) is 0 Å². The Morgan fingerprint density at radius 3 is 2.33 bits per heavy atom. The Bertz CT molecular complexity index is 1080. The third-order valence-corrected chi connectivity index (χ3v) is 5.93. The summed E-state index contributed by atoms with van der Waals surface area (Å²) >= 11 is 1.73. The van der Waals surface area contributed by atoms with Gasteiger partial charge in [-0.05, 0) is 48.1 Å². The lowest BCUT2D eigenvalue weighted by atomic mass is 9.92. The number of benzene rings is 2. The summed E-state index contributed by atoms with van der Waals surface area (Å²) < 4.78 is 3.48. The predicted octanol–water partition coefficient (Wildman–Crippen LogP) is 6.70. The minimum Gasteiger partial charge on any atom is -0.299 e. The standard InChI is InChI=1S/C23H25N3S/c1-14(2)18-7-6-8-19(15(3)4)22(18)26-12-11-24-23(26)17-9-10-21-20(13-17)25-16(5)27-21/h6-15H,1-5H3. The molecule has 0 bridgehead atoms. The lowest BCUT2D eigenvalue weighted by Crippen LogP contribution is -2.07. The number of nitrogens with zero attached hydrogens (tertiary/aromatic N) is 3. The van der Waals surface area contributed by atoms with Gasteiger partial charge < -0.3 is 0 Å². The monoisotopic (exact) mass is 375 g/mol. The van der Waals surface area contributed by atoms with Crippen molar-refractivity contribution in [2.45, 2.75) is 46.5 Å². The lowest BCUT2D eigenvalue weighted by molar-refractivity contribution is 0.807. The molecular formula is C23H25N3S. The first kappa shape index (κ1) is 17.9. The van der Waals surface area contributed by atoms with Crippen molar-refractivity contribution in [1.29, 1.82) is 0 Å². The second kappa shape index (κ2) is 6.93. The van der Waals surface area contributed by atoms with Crippen LogP contribution in [0.25, 0.3) is 27.3 Å². The van der Waals surface area contributed by atoms with Gasteiger partial charge in [-0.25, -0.2) is 9.97 Å². The highest BCUT2D eigenvalue weighted by molar-refractivity contribution is 7.18. The summed E-state index contributed by atoms with van der Waals surface area (Å²) in [6.07, 6.45) is 3.98. The highest BCUT2D eigenvalue weighted by atomic mass is 32.1. The van der Waals surface area contributed by atoms with E-state index in [9.17, 15) is 0 Å². The van der Waals surface area contributed by atoms with Gasteiger partial charge in [-0.1, -0.05) is 45.9 Å². The molecule has 27 heavy (non-hydrogen) atoms. The van der Waals surface area contributed by atoms with E-state index in [-0.39, 0.29) is 0 Å². The van der Waals surface area contributed by atoms with E-state index >= 15 is 0 Å². The second-order valence-electron chi connectivity index (χ2n) is 7.63. The second-order valence-corrected chi connectivity index (χ2v) is 8.87. The van der Waals surface area contributed by atoms with Crippen LogP contribution in [0.2, 0.25) is 0 Å². The summed E-state index contributed by atoms with van der Waals surface area (Å²) in [5, 5.41) is 1.10. The molecule has 2 aromatic carbocycles. The van der Waals surface area contributed by atoms with Crippen molar-refractivity contribution in [2.75, 3.05) is 0 Å². The molecule has 4 aromatic rings.